The maximum Gasteiger partial charge on any atom is 0.195 e. The van der Waals surface area contributed by atoms with Crippen molar-refractivity contribution in [3.8, 4) is 111 Å². The van der Waals surface area contributed by atoms with E-state index in [0.717, 1.165) is 155 Å². The molecule has 0 unspecified atom stereocenters. The smallest absolute Gasteiger partial charge is 0.195 e. The minimum atomic E-state index is -1.52. The monoisotopic (exact) mass is 1060 g/mol. The van der Waals surface area contributed by atoms with Crippen molar-refractivity contribution in [3.05, 3.63) is 265 Å². The molecule has 0 N–H and O–H groups in total. The Bertz CT molecular complexity index is 4980. The Hall–Kier alpha value is -10.3. The van der Waals surface area contributed by atoms with E-state index in [1.54, 1.807) is 24.3 Å². The first-order chi connectivity index (χ1) is 40.3. The van der Waals surface area contributed by atoms with Gasteiger partial charge < -0.3 is 0 Å². The lowest BCUT2D eigenvalue weighted by Crippen LogP contribution is -1.98. The van der Waals surface area contributed by atoms with Gasteiger partial charge in [-0.05, 0) is 189 Å². The number of rotatable bonds is 6. The van der Waals surface area contributed by atoms with E-state index in [1.807, 2.05) is 84.9 Å². The van der Waals surface area contributed by atoms with Gasteiger partial charge in [0.05, 0.1) is 0 Å². The van der Waals surface area contributed by atoms with Crippen LogP contribution in [0, 0.1) is 34.9 Å². The van der Waals surface area contributed by atoms with Crippen LogP contribution in [-0.4, -0.2) is 0 Å². The second-order valence-electron chi connectivity index (χ2n) is 21.5. The van der Waals surface area contributed by atoms with E-state index in [0.29, 0.717) is 22.3 Å². The highest BCUT2D eigenvalue weighted by Gasteiger charge is 2.36. The maximum atomic E-state index is 16.1. The van der Waals surface area contributed by atoms with E-state index in [1.165, 1.54) is 12.1 Å². The summed E-state index contributed by atoms with van der Waals surface area (Å²) in [5.74, 6) is -8.03. The van der Waals surface area contributed by atoms with E-state index in [4.69, 9.17) is 0 Å². The molecule has 0 nitrogen and oxygen atoms in total. The molecule has 0 saturated heterocycles. The van der Waals surface area contributed by atoms with Gasteiger partial charge in [-0.25, -0.2) is 26.3 Å². The summed E-state index contributed by atoms with van der Waals surface area (Å²) in [5, 5.41) is 12.5. The molecule has 6 heteroatoms. The van der Waals surface area contributed by atoms with Crippen molar-refractivity contribution in [2.45, 2.75) is 0 Å². The normalized spacial score (nSPS) is 12.3. The van der Waals surface area contributed by atoms with Crippen molar-refractivity contribution >= 4 is 64.6 Å². The fourth-order valence-electron chi connectivity index (χ4n) is 14.4. The van der Waals surface area contributed by atoms with Gasteiger partial charge in [-0.3, -0.25) is 0 Å². The molecule has 0 spiro atoms. The third kappa shape index (κ3) is 6.13. The average molecular weight is 1070 g/mol. The average Bonchev–Trinajstić information content (AvgIpc) is 3.33. The van der Waals surface area contributed by atoms with Crippen LogP contribution in [0.15, 0.2) is 231 Å². The molecule has 0 amide bonds. The van der Waals surface area contributed by atoms with Crippen molar-refractivity contribution in [3.63, 3.8) is 0 Å². The SMILES string of the molecule is Fc1ccc(-c2ccccc2-c2c3c(c(-c4ccccc4)c4ccccc24)-c2ccc4c5ccc6c7c(ccc(c8ccc-3c2c48)c75)-c2c-6c(-c3ccccc3-c3ccc(F)c(F)c3F)c3ccccc3c2-c2ccccc2)c(F)c1F. The fourth-order valence-corrected chi connectivity index (χ4v) is 14.4. The van der Waals surface area contributed by atoms with Crippen molar-refractivity contribution in [2.24, 2.45) is 0 Å². The molecule has 15 aromatic carbocycles. The van der Waals surface area contributed by atoms with Gasteiger partial charge in [0, 0.05) is 11.1 Å². The standard InChI is InChI=1S/C76H38F6/c77-59-37-35-53(73(79)75(59)81)41-19-7-9-21-43(41)65-47-25-13-11-23-45(47)61(39-15-3-1-4-16-39)69-55-31-27-49-52-30-34-58-68-56(32-28-50(64(52)68)51-29-33-57(71(65)69)67(55)63(49)51)70-62(40-17-5-2-6-18-40)46-24-12-14-26-48(46)66(72(58)70)44-22-10-8-20-42(44)54-36-38-60(78)76(82)74(54)80/h1-38H. The molecule has 2 aliphatic rings. The van der Waals surface area contributed by atoms with Crippen LogP contribution >= 0.6 is 0 Å². The van der Waals surface area contributed by atoms with Gasteiger partial charge in [0.1, 0.15) is 0 Å². The molecular weight excluding hydrogens is 1030 g/mol. The molecule has 0 radical (unpaired) electrons. The van der Waals surface area contributed by atoms with Crippen LogP contribution in [0.25, 0.3) is 176 Å². The predicted octanol–water partition coefficient (Wildman–Crippen LogP) is 22.2. The zero-order valence-corrected chi connectivity index (χ0v) is 43.2. The van der Waals surface area contributed by atoms with Crippen molar-refractivity contribution in [2.75, 3.05) is 0 Å². The van der Waals surface area contributed by atoms with Gasteiger partial charge in [-0.2, -0.15) is 0 Å². The Balaban J connectivity index is 0.981. The summed E-state index contributed by atoms with van der Waals surface area (Å²) in [6.07, 6.45) is 0. The Morgan fingerprint density at radius 3 is 0.793 bits per heavy atom. The van der Waals surface area contributed by atoms with E-state index < -0.39 is 34.9 Å². The molecule has 0 heterocycles. The van der Waals surface area contributed by atoms with Crippen LogP contribution in [0.4, 0.5) is 26.3 Å². The first kappa shape index (κ1) is 46.6. The van der Waals surface area contributed by atoms with Crippen LogP contribution < -0.4 is 0 Å². The Morgan fingerprint density at radius 1 is 0.159 bits per heavy atom. The summed E-state index contributed by atoms with van der Waals surface area (Å²) in [4.78, 5) is 0. The van der Waals surface area contributed by atoms with Crippen LogP contribution in [0.3, 0.4) is 0 Å². The van der Waals surface area contributed by atoms with Crippen LogP contribution in [0.2, 0.25) is 0 Å². The molecule has 384 valence electrons. The van der Waals surface area contributed by atoms with E-state index in [-0.39, 0.29) is 11.1 Å². The molecule has 0 bridgehead atoms. The lowest BCUT2D eigenvalue weighted by atomic mass is 9.81. The van der Waals surface area contributed by atoms with Crippen molar-refractivity contribution in [1.82, 2.24) is 0 Å². The largest absolute Gasteiger partial charge is 0.204 e. The molecule has 15 aromatic rings. The molecule has 82 heavy (non-hydrogen) atoms. The Kier molecular flexibility index (Phi) is 9.72. The summed E-state index contributed by atoms with van der Waals surface area (Å²) in [6, 6.07) is 74.7. The zero-order valence-electron chi connectivity index (χ0n) is 43.2. The molecule has 2 aliphatic carbocycles. The molecule has 0 aliphatic heterocycles. The third-order valence-corrected chi connectivity index (χ3v) is 17.6. The number of fused-ring (bicyclic) bond motifs is 10. The minimum absolute atomic E-state index is 0.0346. The highest BCUT2D eigenvalue weighted by Crippen LogP contribution is 2.63. The topological polar surface area (TPSA) is 0 Å². The highest BCUT2D eigenvalue weighted by atomic mass is 19.2. The second-order valence-corrected chi connectivity index (χ2v) is 21.5. The predicted molar refractivity (Wildman–Crippen MR) is 324 cm³/mol. The summed E-state index contributed by atoms with van der Waals surface area (Å²) in [7, 11) is 0. The second kappa shape index (κ2) is 17.1. The van der Waals surface area contributed by atoms with Crippen molar-refractivity contribution < 1.29 is 26.3 Å². The van der Waals surface area contributed by atoms with Gasteiger partial charge in [0.2, 0.25) is 0 Å². The number of hydrogen-bond acceptors (Lipinski definition) is 0. The van der Waals surface area contributed by atoms with Crippen molar-refractivity contribution in [1.29, 1.82) is 0 Å². The highest BCUT2D eigenvalue weighted by molar-refractivity contribution is 6.42. The lowest BCUT2D eigenvalue weighted by molar-refractivity contribution is 0.449. The molecule has 0 aromatic heterocycles. The number of hydrogen-bond donors (Lipinski definition) is 0. The molecule has 17 rings (SSSR count). The van der Waals surface area contributed by atoms with Crippen LogP contribution in [0.5, 0.6) is 0 Å². The Labute approximate surface area is 465 Å². The first-order valence-electron chi connectivity index (χ1n) is 27.2. The zero-order chi connectivity index (χ0) is 54.8. The van der Waals surface area contributed by atoms with Crippen LogP contribution in [0.1, 0.15) is 0 Å². The van der Waals surface area contributed by atoms with E-state index in [9.17, 15) is 8.78 Å². The van der Waals surface area contributed by atoms with Gasteiger partial charge in [-0.1, -0.05) is 206 Å². The van der Waals surface area contributed by atoms with Gasteiger partial charge in [0.25, 0.3) is 0 Å². The third-order valence-electron chi connectivity index (χ3n) is 17.6. The molecular formula is C76H38F6. The number of halogens is 6. The first-order valence-corrected chi connectivity index (χ1v) is 27.2. The summed E-state index contributed by atoms with van der Waals surface area (Å²) in [5.41, 5.74) is 16.2. The minimum Gasteiger partial charge on any atom is -0.204 e. The Morgan fingerprint density at radius 2 is 0.439 bits per heavy atom. The number of benzene rings is 15. The van der Waals surface area contributed by atoms with Crippen LogP contribution in [-0.2, 0) is 0 Å². The summed E-state index contributed by atoms with van der Waals surface area (Å²) >= 11 is 0. The van der Waals surface area contributed by atoms with Gasteiger partial charge >= 0.3 is 0 Å². The molecule has 0 saturated carbocycles. The lowest BCUT2D eigenvalue weighted by Gasteiger charge is -2.22. The molecule has 0 fully saturated rings. The fraction of sp³-hybridized carbons (Fsp3) is 0. The van der Waals surface area contributed by atoms with E-state index >= 15 is 17.6 Å². The quantitative estimate of drug-likeness (QED) is 0.0674. The molecule has 0 atom stereocenters. The summed E-state index contributed by atoms with van der Waals surface area (Å²) in [6.45, 7) is 0. The maximum absolute atomic E-state index is 16.1. The summed E-state index contributed by atoms with van der Waals surface area (Å²) < 4.78 is 91.9. The van der Waals surface area contributed by atoms with E-state index in [2.05, 4.69) is 97.1 Å². The van der Waals surface area contributed by atoms with Gasteiger partial charge in [0.15, 0.2) is 34.9 Å². The van der Waals surface area contributed by atoms with Gasteiger partial charge in [-0.15, -0.1) is 0 Å².